The highest BCUT2D eigenvalue weighted by molar-refractivity contribution is 5.75. The van der Waals surface area contributed by atoms with Crippen molar-refractivity contribution < 1.29 is 4.79 Å². The summed E-state index contributed by atoms with van der Waals surface area (Å²) < 4.78 is 0. The summed E-state index contributed by atoms with van der Waals surface area (Å²) in [5, 5.41) is 5.75. The van der Waals surface area contributed by atoms with E-state index in [1.807, 2.05) is 18.2 Å². The summed E-state index contributed by atoms with van der Waals surface area (Å²) in [7, 11) is 0. The molecule has 0 saturated heterocycles. The van der Waals surface area contributed by atoms with Crippen LogP contribution in [0.25, 0.3) is 0 Å². The first-order valence-electron chi connectivity index (χ1n) is 5.49. The van der Waals surface area contributed by atoms with E-state index in [1.165, 1.54) is 5.56 Å². The van der Waals surface area contributed by atoms with Gasteiger partial charge < -0.3 is 10.6 Å². The molecule has 1 aromatic rings. The smallest absolute Gasteiger partial charge is 0.315 e. The summed E-state index contributed by atoms with van der Waals surface area (Å²) in [6.07, 6.45) is 3.69. The molecule has 0 radical (unpaired) electrons. The SMILES string of the molecule is C=CCNC(=O)NC1(c2ccccc2)CC1. The number of carbonyl (C=O) groups is 1. The molecule has 0 aromatic heterocycles. The predicted molar refractivity (Wildman–Crippen MR) is 64.1 cm³/mol. The molecule has 0 unspecified atom stereocenters. The van der Waals surface area contributed by atoms with Crippen molar-refractivity contribution in [2.24, 2.45) is 0 Å². The van der Waals surface area contributed by atoms with E-state index in [1.54, 1.807) is 6.08 Å². The molecule has 2 amide bonds. The molecule has 1 aliphatic rings. The maximum Gasteiger partial charge on any atom is 0.315 e. The number of carbonyl (C=O) groups excluding carboxylic acids is 1. The van der Waals surface area contributed by atoms with Gasteiger partial charge in [-0.05, 0) is 18.4 Å². The summed E-state index contributed by atoms with van der Waals surface area (Å²) >= 11 is 0. The average molecular weight is 216 g/mol. The summed E-state index contributed by atoms with van der Waals surface area (Å²) in [4.78, 5) is 11.6. The van der Waals surface area contributed by atoms with E-state index < -0.39 is 0 Å². The molecule has 3 heteroatoms. The first-order valence-corrected chi connectivity index (χ1v) is 5.49. The van der Waals surface area contributed by atoms with E-state index >= 15 is 0 Å². The molecule has 2 rings (SSSR count). The van der Waals surface area contributed by atoms with Crippen LogP contribution in [0, 0.1) is 0 Å². The lowest BCUT2D eigenvalue weighted by atomic mass is 10.1. The first-order chi connectivity index (χ1) is 7.77. The minimum atomic E-state index is -0.132. The molecule has 2 N–H and O–H groups in total. The van der Waals surface area contributed by atoms with Gasteiger partial charge in [-0.25, -0.2) is 4.79 Å². The number of hydrogen-bond donors (Lipinski definition) is 2. The van der Waals surface area contributed by atoms with Crippen LogP contribution in [0.2, 0.25) is 0 Å². The fourth-order valence-corrected chi connectivity index (χ4v) is 1.79. The fourth-order valence-electron chi connectivity index (χ4n) is 1.79. The molecular formula is C13H16N2O. The molecule has 3 nitrogen and oxygen atoms in total. The fraction of sp³-hybridized carbons (Fsp3) is 0.308. The third kappa shape index (κ3) is 2.24. The molecule has 0 aliphatic heterocycles. The van der Waals surface area contributed by atoms with Crippen LogP contribution in [-0.2, 0) is 5.54 Å². The van der Waals surface area contributed by atoms with Crippen LogP contribution in [-0.4, -0.2) is 12.6 Å². The topological polar surface area (TPSA) is 41.1 Å². The van der Waals surface area contributed by atoms with Gasteiger partial charge in [0.1, 0.15) is 0 Å². The second-order valence-electron chi connectivity index (χ2n) is 4.07. The number of amides is 2. The third-order valence-corrected chi connectivity index (χ3v) is 2.84. The standard InChI is InChI=1S/C13H16N2O/c1-2-10-14-12(16)15-13(8-9-13)11-6-4-3-5-7-11/h2-7H,1,8-10H2,(H2,14,15,16). The van der Waals surface area contributed by atoms with Crippen LogP contribution in [0.1, 0.15) is 18.4 Å². The van der Waals surface area contributed by atoms with Gasteiger partial charge in [-0.15, -0.1) is 6.58 Å². The Hall–Kier alpha value is -1.77. The summed E-state index contributed by atoms with van der Waals surface area (Å²) in [6.45, 7) is 4.06. The van der Waals surface area contributed by atoms with Crippen molar-refractivity contribution >= 4 is 6.03 Å². The molecule has 1 aromatic carbocycles. The van der Waals surface area contributed by atoms with E-state index in [0.29, 0.717) is 6.54 Å². The lowest BCUT2D eigenvalue weighted by molar-refractivity contribution is 0.237. The van der Waals surface area contributed by atoms with Gasteiger partial charge >= 0.3 is 6.03 Å². The molecule has 1 saturated carbocycles. The van der Waals surface area contributed by atoms with Gasteiger partial charge in [-0.3, -0.25) is 0 Å². The van der Waals surface area contributed by atoms with Gasteiger partial charge in [-0.1, -0.05) is 36.4 Å². The molecule has 1 aliphatic carbocycles. The van der Waals surface area contributed by atoms with Gasteiger partial charge in [0, 0.05) is 6.54 Å². The van der Waals surface area contributed by atoms with Crippen LogP contribution in [0.15, 0.2) is 43.0 Å². The highest BCUT2D eigenvalue weighted by Gasteiger charge is 2.45. The Morgan fingerprint density at radius 3 is 2.62 bits per heavy atom. The number of benzene rings is 1. The third-order valence-electron chi connectivity index (χ3n) is 2.84. The summed E-state index contributed by atoms with van der Waals surface area (Å²) in [5.41, 5.74) is 1.05. The van der Waals surface area contributed by atoms with Crippen molar-refractivity contribution in [1.82, 2.24) is 10.6 Å². The second-order valence-corrected chi connectivity index (χ2v) is 4.07. The highest BCUT2D eigenvalue weighted by Crippen LogP contribution is 2.45. The van der Waals surface area contributed by atoms with Gasteiger partial charge in [0.2, 0.25) is 0 Å². The lowest BCUT2D eigenvalue weighted by Crippen LogP contribution is -2.42. The Labute approximate surface area is 95.6 Å². The number of hydrogen-bond acceptors (Lipinski definition) is 1. The van der Waals surface area contributed by atoms with Gasteiger partial charge in [-0.2, -0.15) is 0 Å². The summed E-state index contributed by atoms with van der Waals surface area (Å²) in [5.74, 6) is 0. The number of nitrogens with one attached hydrogen (secondary N) is 2. The molecule has 0 bridgehead atoms. The number of urea groups is 1. The maximum atomic E-state index is 11.6. The van der Waals surface area contributed by atoms with Crippen LogP contribution < -0.4 is 10.6 Å². The van der Waals surface area contributed by atoms with E-state index in [9.17, 15) is 4.79 Å². The van der Waals surface area contributed by atoms with E-state index in [2.05, 4.69) is 29.3 Å². The van der Waals surface area contributed by atoms with Gasteiger partial charge in [0.15, 0.2) is 0 Å². The van der Waals surface area contributed by atoms with Gasteiger partial charge in [0.05, 0.1) is 5.54 Å². The second kappa shape index (κ2) is 4.39. The Kier molecular flexibility index (Phi) is 2.95. The van der Waals surface area contributed by atoms with E-state index in [-0.39, 0.29) is 11.6 Å². The maximum absolute atomic E-state index is 11.6. The quantitative estimate of drug-likeness (QED) is 0.744. The van der Waals surface area contributed by atoms with E-state index in [4.69, 9.17) is 0 Å². The largest absolute Gasteiger partial charge is 0.335 e. The van der Waals surface area contributed by atoms with Crippen molar-refractivity contribution in [3.05, 3.63) is 48.6 Å². The van der Waals surface area contributed by atoms with Crippen molar-refractivity contribution in [2.45, 2.75) is 18.4 Å². The minimum Gasteiger partial charge on any atom is -0.335 e. The van der Waals surface area contributed by atoms with Crippen molar-refractivity contribution in [3.8, 4) is 0 Å². The molecule has 0 atom stereocenters. The van der Waals surface area contributed by atoms with E-state index in [0.717, 1.165) is 12.8 Å². The molecule has 1 fully saturated rings. The molecule has 0 heterocycles. The molecule has 84 valence electrons. The molecule has 16 heavy (non-hydrogen) atoms. The van der Waals surface area contributed by atoms with Crippen LogP contribution in [0.5, 0.6) is 0 Å². The zero-order valence-electron chi connectivity index (χ0n) is 9.20. The van der Waals surface area contributed by atoms with Crippen molar-refractivity contribution in [2.75, 3.05) is 6.54 Å². The van der Waals surface area contributed by atoms with Crippen LogP contribution in [0.3, 0.4) is 0 Å². The monoisotopic (exact) mass is 216 g/mol. The average Bonchev–Trinajstić information content (AvgIpc) is 3.09. The predicted octanol–water partition coefficient (Wildman–Crippen LogP) is 2.16. The summed E-state index contributed by atoms with van der Waals surface area (Å²) in [6, 6.07) is 9.97. The number of rotatable bonds is 4. The van der Waals surface area contributed by atoms with Crippen LogP contribution in [0.4, 0.5) is 4.79 Å². The lowest BCUT2D eigenvalue weighted by Gasteiger charge is -2.17. The highest BCUT2D eigenvalue weighted by atomic mass is 16.2. The normalized spacial score (nSPS) is 16.2. The zero-order chi connectivity index (χ0) is 11.4. The van der Waals surface area contributed by atoms with Crippen LogP contribution >= 0.6 is 0 Å². The van der Waals surface area contributed by atoms with Crippen molar-refractivity contribution in [3.63, 3.8) is 0 Å². The molecule has 0 spiro atoms. The Morgan fingerprint density at radius 1 is 1.38 bits per heavy atom. The Balaban J connectivity index is 1.99. The zero-order valence-corrected chi connectivity index (χ0v) is 9.20. The Morgan fingerprint density at radius 2 is 2.06 bits per heavy atom. The van der Waals surface area contributed by atoms with Gasteiger partial charge in [0.25, 0.3) is 0 Å². The minimum absolute atomic E-state index is 0.124. The Bertz CT molecular complexity index is 382. The molecular weight excluding hydrogens is 200 g/mol. The van der Waals surface area contributed by atoms with Crippen molar-refractivity contribution in [1.29, 1.82) is 0 Å². The first kappa shape index (κ1) is 10.7.